The summed E-state index contributed by atoms with van der Waals surface area (Å²) < 4.78 is 5.21. The standard InChI is InChI=1S/C17H13ClN2O3/c18-13-5-2-1-4-11(13)10-19-16(21)12-7-8-14(20-17(12)22)15-6-3-9-23-15/h1-9H,10H2,(H,19,21)(H,20,22). The van der Waals surface area contributed by atoms with Crippen molar-refractivity contribution in [3.63, 3.8) is 0 Å². The van der Waals surface area contributed by atoms with Gasteiger partial charge in [-0.3, -0.25) is 9.59 Å². The number of pyridine rings is 1. The third-order valence-electron chi connectivity index (χ3n) is 3.34. The Balaban J connectivity index is 1.75. The molecule has 0 aliphatic heterocycles. The predicted molar refractivity (Wildman–Crippen MR) is 87.4 cm³/mol. The predicted octanol–water partition coefficient (Wildman–Crippen LogP) is 3.22. The van der Waals surface area contributed by atoms with Crippen molar-refractivity contribution in [2.24, 2.45) is 0 Å². The number of hydrogen-bond donors (Lipinski definition) is 2. The average molecular weight is 329 g/mol. The lowest BCUT2D eigenvalue weighted by molar-refractivity contribution is 0.0949. The SMILES string of the molecule is O=C(NCc1ccccc1Cl)c1ccc(-c2ccco2)[nH]c1=O. The van der Waals surface area contributed by atoms with Gasteiger partial charge in [0.2, 0.25) is 0 Å². The van der Waals surface area contributed by atoms with E-state index in [4.69, 9.17) is 16.0 Å². The second kappa shape index (κ2) is 6.54. The van der Waals surface area contributed by atoms with Gasteiger partial charge in [0, 0.05) is 11.6 Å². The maximum absolute atomic E-state index is 12.2. The van der Waals surface area contributed by atoms with Gasteiger partial charge in [-0.1, -0.05) is 29.8 Å². The first kappa shape index (κ1) is 15.1. The van der Waals surface area contributed by atoms with Crippen LogP contribution in [0.5, 0.6) is 0 Å². The number of hydrogen-bond acceptors (Lipinski definition) is 3. The van der Waals surface area contributed by atoms with Crippen LogP contribution >= 0.6 is 11.6 Å². The number of amides is 1. The highest BCUT2D eigenvalue weighted by Crippen LogP contribution is 2.16. The maximum Gasteiger partial charge on any atom is 0.261 e. The Morgan fingerprint density at radius 2 is 1.96 bits per heavy atom. The molecule has 0 spiro atoms. The van der Waals surface area contributed by atoms with E-state index in [0.29, 0.717) is 16.5 Å². The summed E-state index contributed by atoms with van der Waals surface area (Å²) in [4.78, 5) is 26.9. The van der Waals surface area contributed by atoms with Crippen molar-refractivity contribution in [2.45, 2.75) is 6.54 Å². The van der Waals surface area contributed by atoms with Gasteiger partial charge in [0.05, 0.1) is 12.0 Å². The second-order valence-corrected chi connectivity index (χ2v) is 5.27. The van der Waals surface area contributed by atoms with Crippen molar-refractivity contribution >= 4 is 17.5 Å². The molecule has 2 N–H and O–H groups in total. The van der Waals surface area contributed by atoms with Crippen LogP contribution in [0.4, 0.5) is 0 Å². The number of halogens is 1. The van der Waals surface area contributed by atoms with Crippen LogP contribution < -0.4 is 10.9 Å². The number of H-pyrrole nitrogens is 1. The number of rotatable bonds is 4. The lowest BCUT2D eigenvalue weighted by Crippen LogP contribution is -2.29. The summed E-state index contributed by atoms with van der Waals surface area (Å²) in [6.07, 6.45) is 1.51. The van der Waals surface area contributed by atoms with E-state index in [-0.39, 0.29) is 12.1 Å². The zero-order valence-electron chi connectivity index (χ0n) is 12.0. The molecule has 0 unspecified atom stereocenters. The lowest BCUT2D eigenvalue weighted by Gasteiger charge is -2.07. The highest BCUT2D eigenvalue weighted by Gasteiger charge is 2.12. The summed E-state index contributed by atoms with van der Waals surface area (Å²) >= 11 is 6.03. The van der Waals surface area contributed by atoms with Gasteiger partial charge in [-0.25, -0.2) is 0 Å². The Hall–Kier alpha value is -2.79. The minimum atomic E-state index is -0.476. The summed E-state index contributed by atoms with van der Waals surface area (Å²) in [6, 6.07) is 13.7. The van der Waals surface area contributed by atoms with Crippen LogP contribution in [0.3, 0.4) is 0 Å². The summed E-state index contributed by atoms with van der Waals surface area (Å²) in [6.45, 7) is 0.248. The molecule has 3 rings (SSSR count). The van der Waals surface area contributed by atoms with Crippen molar-refractivity contribution < 1.29 is 9.21 Å². The first-order valence-electron chi connectivity index (χ1n) is 6.94. The van der Waals surface area contributed by atoms with E-state index >= 15 is 0 Å². The van der Waals surface area contributed by atoms with Gasteiger partial charge in [-0.2, -0.15) is 0 Å². The summed E-state index contributed by atoms with van der Waals surface area (Å²) in [5.41, 5.74) is 0.858. The van der Waals surface area contributed by atoms with E-state index in [0.717, 1.165) is 5.56 Å². The molecule has 3 aromatic rings. The first-order valence-corrected chi connectivity index (χ1v) is 7.32. The Labute approximate surface area is 136 Å². The molecule has 23 heavy (non-hydrogen) atoms. The molecule has 1 aromatic carbocycles. The van der Waals surface area contributed by atoms with E-state index in [1.54, 1.807) is 24.3 Å². The average Bonchev–Trinajstić information content (AvgIpc) is 3.08. The zero-order chi connectivity index (χ0) is 16.2. The van der Waals surface area contributed by atoms with Crippen molar-refractivity contribution in [2.75, 3.05) is 0 Å². The summed E-state index contributed by atoms with van der Waals surface area (Å²) in [7, 11) is 0. The second-order valence-electron chi connectivity index (χ2n) is 4.87. The van der Waals surface area contributed by atoms with Gasteiger partial charge in [-0.05, 0) is 35.9 Å². The number of aromatic amines is 1. The van der Waals surface area contributed by atoms with Gasteiger partial charge < -0.3 is 14.7 Å². The molecule has 2 heterocycles. The lowest BCUT2D eigenvalue weighted by atomic mass is 10.2. The molecule has 2 aromatic heterocycles. The molecule has 1 amide bonds. The van der Waals surface area contributed by atoms with Crippen LogP contribution in [0.1, 0.15) is 15.9 Å². The van der Waals surface area contributed by atoms with Gasteiger partial charge in [0.15, 0.2) is 0 Å². The number of aromatic nitrogens is 1. The van der Waals surface area contributed by atoms with Crippen LogP contribution in [0.25, 0.3) is 11.5 Å². The third kappa shape index (κ3) is 3.35. The summed E-state index contributed by atoms with van der Waals surface area (Å²) in [5.74, 6) is 0.0716. The largest absolute Gasteiger partial charge is 0.463 e. The number of benzene rings is 1. The molecule has 0 saturated carbocycles. The Kier molecular flexibility index (Phi) is 4.30. The molecule has 5 nitrogen and oxygen atoms in total. The molecule has 0 radical (unpaired) electrons. The van der Waals surface area contributed by atoms with Crippen molar-refractivity contribution in [1.29, 1.82) is 0 Å². The van der Waals surface area contributed by atoms with Crippen molar-refractivity contribution in [1.82, 2.24) is 10.3 Å². The fourth-order valence-electron chi connectivity index (χ4n) is 2.14. The molecule has 0 atom stereocenters. The molecule has 116 valence electrons. The topological polar surface area (TPSA) is 75.1 Å². The molecule has 0 aliphatic carbocycles. The molecule has 0 bridgehead atoms. The molecular weight excluding hydrogens is 316 g/mol. The van der Waals surface area contributed by atoms with Crippen LogP contribution in [-0.4, -0.2) is 10.9 Å². The Morgan fingerprint density at radius 1 is 1.13 bits per heavy atom. The molecular formula is C17H13ClN2O3. The minimum absolute atomic E-state index is 0.0346. The number of carbonyl (C=O) groups excluding carboxylic acids is 1. The van der Waals surface area contributed by atoms with E-state index in [1.807, 2.05) is 18.2 Å². The highest BCUT2D eigenvalue weighted by atomic mass is 35.5. The number of carbonyl (C=O) groups is 1. The van der Waals surface area contributed by atoms with Crippen LogP contribution in [0.2, 0.25) is 5.02 Å². The fraction of sp³-hybridized carbons (Fsp3) is 0.0588. The molecule has 0 aliphatic rings. The molecule has 0 saturated heterocycles. The Morgan fingerprint density at radius 3 is 2.65 bits per heavy atom. The first-order chi connectivity index (χ1) is 11.1. The zero-order valence-corrected chi connectivity index (χ0v) is 12.8. The van der Waals surface area contributed by atoms with Crippen LogP contribution in [0, 0.1) is 0 Å². The van der Waals surface area contributed by atoms with Crippen LogP contribution in [0.15, 0.2) is 64.0 Å². The quantitative estimate of drug-likeness (QED) is 0.772. The smallest absolute Gasteiger partial charge is 0.261 e. The monoisotopic (exact) mass is 328 g/mol. The van der Waals surface area contributed by atoms with Gasteiger partial charge >= 0.3 is 0 Å². The van der Waals surface area contributed by atoms with Gasteiger partial charge in [-0.15, -0.1) is 0 Å². The number of furan rings is 1. The summed E-state index contributed by atoms with van der Waals surface area (Å²) in [5, 5.41) is 3.25. The molecule has 6 heteroatoms. The normalized spacial score (nSPS) is 10.5. The maximum atomic E-state index is 12.2. The molecule has 0 fully saturated rings. The Bertz CT molecular complexity index is 885. The van der Waals surface area contributed by atoms with E-state index in [1.165, 1.54) is 12.3 Å². The third-order valence-corrected chi connectivity index (χ3v) is 3.71. The van der Waals surface area contributed by atoms with E-state index in [2.05, 4.69) is 10.3 Å². The van der Waals surface area contributed by atoms with Crippen molar-refractivity contribution in [3.05, 3.63) is 81.3 Å². The van der Waals surface area contributed by atoms with Gasteiger partial charge in [0.1, 0.15) is 11.3 Å². The van der Waals surface area contributed by atoms with E-state index < -0.39 is 11.5 Å². The highest BCUT2D eigenvalue weighted by molar-refractivity contribution is 6.31. The van der Waals surface area contributed by atoms with E-state index in [9.17, 15) is 9.59 Å². The van der Waals surface area contributed by atoms with Crippen molar-refractivity contribution in [3.8, 4) is 11.5 Å². The van der Waals surface area contributed by atoms with Gasteiger partial charge in [0.25, 0.3) is 11.5 Å². The number of nitrogens with one attached hydrogen (secondary N) is 2. The fourth-order valence-corrected chi connectivity index (χ4v) is 2.34. The minimum Gasteiger partial charge on any atom is -0.463 e. The van der Waals surface area contributed by atoms with Crippen LogP contribution in [-0.2, 0) is 6.54 Å².